The third-order valence-electron chi connectivity index (χ3n) is 1.50. The second-order valence-corrected chi connectivity index (χ2v) is 4.43. The van der Waals surface area contributed by atoms with Gasteiger partial charge in [-0.05, 0) is 44.0 Å². The van der Waals surface area contributed by atoms with Crippen LogP contribution in [0.25, 0.3) is 0 Å². The fourth-order valence-corrected chi connectivity index (χ4v) is 2.10. The highest BCUT2D eigenvalue weighted by molar-refractivity contribution is 7.99. The molecule has 0 spiro atoms. The van der Waals surface area contributed by atoms with Crippen molar-refractivity contribution in [2.75, 3.05) is 0 Å². The number of hydrogen-bond acceptors (Lipinski definition) is 2. The van der Waals surface area contributed by atoms with E-state index in [1.54, 1.807) is 6.92 Å². The van der Waals surface area contributed by atoms with Crippen LogP contribution in [0.3, 0.4) is 0 Å². The van der Waals surface area contributed by atoms with Gasteiger partial charge in [0.15, 0.2) is 0 Å². The molecule has 0 aliphatic carbocycles. The molecule has 0 bridgehead atoms. The number of aliphatic hydroxyl groups is 1. The predicted molar refractivity (Wildman–Crippen MR) is 53.5 cm³/mol. The van der Waals surface area contributed by atoms with Crippen molar-refractivity contribution in [3.8, 4) is 0 Å². The fourth-order valence-electron chi connectivity index (χ4n) is 1.20. The van der Waals surface area contributed by atoms with Crippen molar-refractivity contribution in [3.63, 3.8) is 0 Å². The Bertz CT molecular complexity index is 248. The van der Waals surface area contributed by atoms with Crippen molar-refractivity contribution in [1.29, 1.82) is 0 Å². The lowest BCUT2D eigenvalue weighted by Gasteiger charge is -2.06. The molecule has 0 fully saturated rings. The topological polar surface area (TPSA) is 20.2 Å². The maximum absolute atomic E-state index is 9.15. The summed E-state index contributed by atoms with van der Waals surface area (Å²) >= 11 is 1.48. The molecule has 1 N–H and O–H groups in total. The molecule has 1 nitrogen and oxygen atoms in total. The van der Waals surface area contributed by atoms with Gasteiger partial charge in [0.1, 0.15) is 5.44 Å². The third-order valence-corrected chi connectivity index (χ3v) is 2.35. The Hall–Kier alpha value is -0.470. The first-order valence-corrected chi connectivity index (χ1v) is 4.89. The van der Waals surface area contributed by atoms with E-state index >= 15 is 0 Å². The summed E-state index contributed by atoms with van der Waals surface area (Å²) in [7, 11) is 0. The Balaban J connectivity index is 2.85. The third kappa shape index (κ3) is 2.88. The van der Waals surface area contributed by atoms with Gasteiger partial charge in [0.25, 0.3) is 0 Å². The maximum Gasteiger partial charge on any atom is 0.101 e. The van der Waals surface area contributed by atoms with Gasteiger partial charge in [0.2, 0.25) is 0 Å². The highest BCUT2D eigenvalue weighted by Gasteiger charge is 2.00. The highest BCUT2D eigenvalue weighted by Crippen LogP contribution is 2.23. The summed E-state index contributed by atoms with van der Waals surface area (Å²) in [6, 6.07) is 6.31. The molecule has 12 heavy (non-hydrogen) atoms. The molecule has 0 heterocycles. The lowest BCUT2D eigenvalue weighted by atomic mass is 10.2. The molecule has 0 aliphatic heterocycles. The first-order chi connectivity index (χ1) is 5.58. The van der Waals surface area contributed by atoms with Crippen LogP contribution in [0.5, 0.6) is 0 Å². The largest absolute Gasteiger partial charge is 0.382 e. The van der Waals surface area contributed by atoms with E-state index < -0.39 is 0 Å². The second-order valence-electron chi connectivity index (χ2n) is 3.04. The van der Waals surface area contributed by atoms with Crippen LogP contribution < -0.4 is 0 Å². The summed E-state index contributed by atoms with van der Waals surface area (Å²) in [6.45, 7) is 5.92. The summed E-state index contributed by atoms with van der Waals surface area (Å²) < 4.78 is 0. The molecule has 2 heteroatoms. The van der Waals surface area contributed by atoms with E-state index in [2.05, 4.69) is 32.0 Å². The van der Waals surface area contributed by atoms with E-state index in [1.165, 1.54) is 22.9 Å². The predicted octanol–water partition coefficient (Wildman–Crippen LogP) is 2.73. The maximum atomic E-state index is 9.15. The van der Waals surface area contributed by atoms with E-state index in [9.17, 15) is 0 Å². The summed E-state index contributed by atoms with van der Waals surface area (Å²) in [5.41, 5.74) is 2.17. The van der Waals surface area contributed by atoms with E-state index in [-0.39, 0.29) is 5.44 Å². The zero-order valence-corrected chi connectivity index (χ0v) is 8.48. The summed E-state index contributed by atoms with van der Waals surface area (Å²) in [6.07, 6.45) is 0. The van der Waals surface area contributed by atoms with Gasteiger partial charge in [-0.25, -0.2) is 0 Å². The molecule has 1 aromatic carbocycles. The minimum absolute atomic E-state index is 0.328. The van der Waals surface area contributed by atoms with Gasteiger partial charge in [-0.3, -0.25) is 0 Å². The first-order valence-electron chi connectivity index (χ1n) is 4.01. The molecule has 1 rings (SSSR count). The van der Waals surface area contributed by atoms with E-state index in [4.69, 9.17) is 5.11 Å². The minimum atomic E-state index is -0.328. The number of benzene rings is 1. The zero-order valence-electron chi connectivity index (χ0n) is 7.66. The highest BCUT2D eigenvalue weighted by atomic mass is 32.2. The van der Waals surface area contributed by atoms with Crippen LogP contribution in [0, 0.1) is 13.8 Å². The Morgan fingerprint density at radius 1 is 1.17 bits per heavy atom. The Kier molecular flexibility index (Phi) is 3.18. The molecule has 0 aromatic heterocycles. The molecule has 1 aromatic rings. The van der Waals surface area contributed by atoms with Crippen LogP contribution in [-0.4, -0.2) is 10.5 Å². The summed E-state index contributed by atoms with van der Waals surface area (Å²) in [5, 5.41) is 9.15. The van der Waals surface area contributed by atoms with E-state index in [1.807, 2.05) is 0 Å². The van der Waals surface area contributed by atoms with Crippen molar-refractivity contribution in [2.24, 2.45) is 0 Å². The van der Waals surface area contributed by atoms with Crippen molar-refractivity contribution < 1.29 is 5.11 Å². The number of rotatable bonds is 2. The van der Waals surface area contributed by atoms with Crippen LogP contribution in [0.4, 0.5) is 0 Å². The SMILES string of the molecule is Cc1cc(C)cc(S[C@H](C)O)c1. The first kappa shape index (κ1) is 9.62. The number of aryl methyl sites for hydroxylation is 2. The molecule has 0 radical (unpaired) electrons. The van der Waals surface area contributed by atoms with Crippen LogP contribution >= 0.6 is 11.8 Å². The number of aliphatic hydroxyl groups excluding tert-OH is 1. The molecule has 0 aliphatic rings. The lowest BCUT2D eigenvalue weighted by Crippen LogP contribution is -1.91. The smallest absolute Gasteiger partial charge is 0.101 e. The monoisotopic (exact) mass is 182 g/mol. The molecular formula is C10H14OS. The van der Waals surface area contributed by atoms with E-state index in [0.29, 0.717) is 0 Å². The second kappa shape index (κ2) is 3.97. The average Bonchev–Trinajstić information content (AvgIpc) is 1.81. The molecule has 1 atom stereocenters. The Labute approximate surface area is 77.8 Å². The van der Waals surface area contributed by atoms with Crippen molar-refractivity contribution in [1.82, 2.24) is 0 Å². The van der Waals surface area contributed by atoms with Crippen LogP contribution in [0.2, 0.25) is 0 Å². The number of hydrogen-bond donors (Lipinski definition) is 1. The van der Waals surface area contributed by atoms with Crippen molar-refractivity contribution in [3.05, 3.63) is 29.3 Å². The van der Waals surface area contributed by atoms with Gasteiger partial charge in [0.05, 0.1) is 0 Å². The van der Waals surface area contributed by atoms with Crippen LogP contribution in [-0.2, 0) is 0 Å². The summed E-state index contributed by atoms with van der Waals surface area (Å²) in [4.78, 5) is 1.14. The Morgan fingerprint density at radius 3 is 2.08 bits per heavy atom. The lowest BCUT2D eigenvalue weighted by molar-refractivity contribution is 0.284. The number of thioether (sulfide) groups is 1. The zero-order chi connectivity index (χ0) is 9.14. The normalized spacial score (nSPS) is 13.0. The molecule has 0 saturated carbocycles. The quantitative estimate of drug-likeness (QED) is 0.560. The van der Waals surface area contributed by atoms with Gasteiger partial charge in [0, 0.05) is 4.90 Å². The van der Waals surface area contributed by atoms with Crippen LogP contribution in [0.15, 0.2) is 23.1 Å². The van der Waals surface area contributed by atoms with Gasteiger partial charge in [-0.15, -0.1) is 0 Å². The standard InChI is InChI=1S/C10H14OS/c1-7-4-8(2)6-10(5-7)12-9(3)11/h4-6,9,11H,1-3H3/t9-/m1/s1. The molecular weight excluding hydrogens is 168 g/mol. The van der Waals surface area contributed by atoms with Gasteiger partial charge in [-0.1, -0.05) is 17.8 Å². The van der Waals surface area contributed by atoms with Crippen molar-refractivity contribution in [2.45, 2.75) is 31.1 Å². The van der Waals surface area contributed by atoms with E-state index in [0.717, 1.165) is 4.90 Å². The molecule has 0 unspecified atom stereocenters. The summed E-state index contributed by atoms with van der Waals surface area (Å²) in [5.74, 6) is 0. The van der Waals surface area contributed by atoms with Crippen LogP contribution in [0.1, 0.15) is 18.1 Å². The fraction of sp³-hybridized carbons (Fsp3) is 0.400. The van der Waals surface area contributed by atoms with Gasteiger partial charge < -0.3 is 5.11 Å². The Morgan fingerprint density at radius 2 is 1.67 bits per heavy atom. The van der Waals surface area contributed by atoms with Crippen molar-refractivity contribution >= 4 is 11.8 Å². The minimum Gasteiger partial charge on any atom is -0.382 e. The van der Waals surface area contributed by atoms with Gasteiger partial charge in [-0.2, -0.15) is 0 Å². The molecule has 0 saturated heterocycles. The van der Waals surface area contributed by atoms with Gasteiger partial charge >= 0.3 is 0 Å². The molecule has 66 valence electrons. The molecule has 0 amide bonds. The average molecular weight is 182 g/mol.